The van der Waals surface area contributed by atoms with Crippen LogP contribution in [0.25, 0.3) is 0 Å². The van der Waals surface area contributed by atoms with Crippen LogP contribution in [0.1, 0.15) is 13.3 Å². The van der Waals surface area contributed by atoms with E-state index in [0.717, 1.165) is 12.2 Å². The summed E-state index contributed by atoms with van der Waals surface area (Å²) in [5.74, 6) is 0.439. The Balaban J connectivity index is 2.01. The molecule has 3 unspecified atom stereocenters. The first kappa shape index (κ1) is 19.3. The summed E-state index contributed by atoms with van der Waals surface area (Å²) in [4.78, 5) is 18.0. The number of anilines is 1. The first-order valence-electron chi connectivity index (χ1n) is 7.78. The first-order valence-corrected chi connectivity index (χ1v) is 9.21. The molecule has 1 aliphatic heterocycles. The smallest absolute Gasteiger partial charge is 0.229 e. The second-order valence-electron chi connectivity index (χ2n) is 5.57. The van der Waals surface area contributed by atoms with Crippen LogP contribution in [0.15, 0.2) is 24.3 Å². The van der Waals surface area contributed by atoms with E-state index < -0.39 is 39.1 Å². The molecular formula is C15H24NO7P. The molecule has 0 radical (unpaired) electrons. The van der Waals surface area contributed by atoms with Crippen LogP contribution in [0.5, 0.6) is 5.75 Å². The molecular weight excluding hydrogens is 337 g/mol. The second-order valence-corrected chi connectivity index (χ2v) is 6.76. The van der Waals surface area contributed by atoms with Crippen molar-refractivity contribution in [2.45, 2.75) is 44.1 Å². The van der Waals surface area contributed by atoms with Crippen molar-refractivity contribution in [1.82, 2.24) is 0 Å². The summed E-state index contributed by atoms with van der Waals surface area (Å²) < 4.78 is 11.1. The minimum atomic E-state index is -2.12. The second kappa shape index (κ2) is 8.92. The molecule has 1 aliphatic rings. The molecule has 1 heterocycles. The van der Waals surface area contributed by atoms with Crippen LogP contribution >= 0.6 is 8.38 Å². The van der Waals surface area contributed by atoms with Crippen LogP contribution in [0.3, 0.4) is 0 Å². The minimum absolute atomic E-state index is 0.0317. The molecule has 136 valence electrons. The molecule has 0 spiro atoms. The lowest BCUT2D eigenvalue weighted by Crippen LogP contribution is -2.59. The van der Waals surface area contributed by atoms with E-state index in [1.807, 2.05) is 19.1 Å². The van der Waals surface area contributed by atoms with Crippen LogP contribution in [0, 0.1) is 0 Å². The zero-order valence-electron chi connectivity index (χ0n) is 13.3. The lowest BCUT2D eigenvalue weighted by molar-refractivity contribution is -0.272. The number of aliphatic hydroxyl groups excluding tert-OH is 3. The Labute approximate surface area is 141 Å². The third kappa shape index (κ3) is 5.00. The van der Waals surface area contributed by atoms with Crippen molar-refractivity contribution in [2.75, 3.05) is 18.0 Å². The van der Waals surface area contributed by atoms with Crippen molar-refractivity contribution < 1.29 is 34.6 Å². The number of benzene rings is 1. The molecule has 24 heavy (non-hydrogen) atoms. The molecule has 2 rings (SSSR count). The molecule has 8 nitrogen and oxygen atoms in total. The monoisotopic (exact) mass is 361 g/mol. The zero-order chi connectivity index (χ0) is 17.7. The predicted octanol–water partition coefficient (Wildman–Crippen LogP) is -0.00860. The van der Waals surface area contributed by atoms with Crippen molar-refractivity contribution in [1.29, 1.82) is 0 Å². The predicted molar refractivity (Wildman–Crippen MR) is 88.8 cm³/mol. The molecule has 0 aliphatic carbocycles. The number of rotatable bonds is 7. The number of ether oxygens (including phenoxy) is 2. The van der Waals surface area contributed by atoms with Gasteiger partial charge in [0.2, 0.25) is 6.29 Å². The molecule has 1 aromatic rings. The molecule has 1 fully saturated rings. The highest BCUT2D eigenvalue weighted by molar-refractivity contribution is 7.45. The summed E-state index contributed by atoms with van der Waals surface area (Å²) in [5, 5.41) is 33.1. The van der Waals surface area contributed by atoms with Crippen molar-refractivity contribution in [3.05, 3.63) is 24.3 Å². The van der Waals surface area contributed by atoms with Gasteiger partial charge in [-0.3, -0.25) is 0 Å². The lowest BCUT2D eigenvalue weighted by atomic mass is 9.97. The SMILES string of the molecule is CCNc1ccc(O[C@H]2OC(CCP(O)O)[C@@H](O)C(O)C2O)cc1. The normalized spacial score (nSPS) is 30.4. The van der Waals surface area contributed by atoms with Gasteiger partial charge < -0.3 is 39.9 Å². The molecule has 0 bridgehead atoms. The van der Waals surface area contributed by atoms with Crippen LogP contribution in [-0.2, 0) is 4.74 Å². The molecule has 0 saturated carbocycles. The maximum Gasteiger partial charge on any atom is 0.229 e. The molecule has 0 aromatic heterocycles. The Morgan fingerprint density at radius 3 is 2.33 bits per heavy atom. The lowest BCUT2D eigenvalue weighted by Gasteiger charge is -2.40. The highest BCUT2D eigenvalue weighted by Gasteiger charge is 2.44. The topological polar surface area (TPSA) is 132 Å². The molecule has 1 aromatic carbocycles. The summed E-state index contributed by atoms with van der Waals surface area (Å²) in [5.41, 5.74) is 0.919. The quantitative estimate of drug-likeness (QED) is 0.374. The highest BCUT2D eigenvalue weighted by Crippen LogP contribution is 2.30. The average molecular weight is 361 g/mol. The van der Waals surface area contributed by atoms with Gasteiger partial charge in [-0.05, 0) is 37.6 Å². The Bertz CT molecular complexity index is 501. The van der Waals surface area contributed by atoms with Crippen LogP contribution < -0.4 is 10.1 Å². The van der Waals surface area contributed by atoms with E-state index in [1.165, 1.54) is 0 Å². The number of nitrogens with one attached hydrogen (secondary N) is 1. The number of aliphatic hydroxyl groups is 3. The van der Waals surface area contributed by atoms with Gasteiger partial charge in [0.25, 0.3) is 0 Å². The van der Waals surface area contributed by atoms with Gasteiger partial charge >= 0.3 is 0 Å². The minimum Gasteiger partial charge on any atom is -0.462 e. The van der Waals surface area contributed by atoms with Gasteiger partial charge in [0.1, 0.15) is 24.1 Å². The van der Waals surface area contributed by atoms with E-state index in [2.05, 4.69) is 5.32 Å². The Morgan fingerprint density at radius 1 is 1.08 bits per heavy atom. The van der Waals surface area contributed by atoms with E-state index >= 15 is 0 Å². The summed E-state index contributed by atoms with van der Waals surface area (Å²) in [6, 6.07) is 7.01. The molecule has 1 saturated heterocycles. The summed E-state index contributed by atoms with van der Waals surface area (Å²) in [7, 11) is -2.12. The summed E-state index contributed by atoms with van der Waals surface area (Å²) in [6.07, 6.45) is -6.06. The number of hydrogen-bond acceptors (Lipinski definition) is 8. The van der Waals surface area contributed by atoms with E-state index in [4.69, 9.17) is 19.3 Å². The van der Waals surface area contributed by atoms with Crippen molar-refractivity contribution in [2.24, 2.45) is 0 Å². The van der Waals surface area contributed by atoms with Crippen LogP contribution in [0.4, 0.5) is 5.69 Å². The maximum absolute atomic E-state index is 10.0. The fourth-order valence-electron chi connectivity index (χ4n) is 2.48. The molecule has 0 amide bonds. The molecule has 5 atom stereocenters. The van der Waals surface area contributed by atoms with E-state index in [9.17, 15) is 15.3 Å². The van der Waals surface area contributed by atoms with Gasteiger partial charge in [-0.25, -0.2) is 0 Å². The van der Waals surface area contributed by atoms with Gasteiger partial charge in [-0.2, -0.15) is 0 Å². The fourth-order valence-corrected chi connectivity index (χ4v) is 2.97. The fraction of sp³-hybridized carbons (Fsp3) is 0.600. The largest absolute Gasteiger partial charge is 0.462 e. The van der Waals surface area contributed by atoms with Gasteiger partial charge in [-0.15, -0.1) is 0 Å². The standard InChI is InChI=1S/C15H24NO7P/c1-2-16-9-3-5-10(6-4-9)22-15-14(19)13(18)12(17)11(23-15)7-8-24(20)21/h3-6,11-21H,2,7-8H2,1H3/t11?,12-,13?,14?,15+/m1/s1. The average Bonchev–Trinajstić information content (AvgIpc) is 2.56. The summed E-state index contributed by atoms with van der Waals surface area (Å²) >= 11 is 0. The van der Waals surface area contributed by atoms with Gasteiger partial charge in [0.15, 0.2) is 8.38 Å². The van der Waals surface area contributed by atoms with E-state index in [1.54, 1.807) is 12.1 Å². The summed E-state index contributed by atoms with van der Waals surface area (Å²) in [6.45, 7) is 2.77. The van der Waals surface area contributed by atoms with Crippen LogP contribution in [-0.4, -0.2) is 68.5 Å². The van der Waals surface area contributed by atoms with Gasteiger partial charge in [-0.1, -0.05) is 0 Å². The highest BCUT2D eigenvalue weighted by atomic mass is 31.2. The Morgan fingerprint density at radius 2 is 1.75 bits per heavy atom. The third-order valence-electron chi connectivity index (χ3n) is 3.77. The number of hydrogen-bond donors (Lipinski definition) is 6. The maximum atomic E-state index is 10.0. The van der Waals surface area contributed by atoms with Crippen molar-refractivity contribution in [3.63, 3.8) is 0 Å². The first-order chi connectivity index (χ1) is 11.4. The molecule has 9 heteroatoms. The third-order valence-corrected chi connectivity index (χ3v) is 4.43. The van der Waals surface area contributed by atoms with Crippen LogP contribution in [0.2, 0.25) is 0 Å². The van der Waals surface area contributed by atoms with Gasteiger partial charge in [0.05, 0.1) is 6.10 Å². The van der Waals surface area contributed by atoms with E-state index in [0.29, 0.717) is 5.75 Å². The van der Waals surface area contributed by atoms with Crippen molar-refractivity contribution in [3.8, 4) is 5.75 Å². The van der Waals surface area contributed by atoms with E-state index in [-0.39, 0.29) is 12.6 Å². The Kier molecular flexibility index (Phi) is 7.18. The molecule has 6 N–H and O–H groups in total. The Hall–Kier alpha value is -0.990. The van der Waals surface area contributed by atoms with Crippen molar-refractivity contribution >= 4 is 14.1 Å². The van der Waals surface area contributed by atoms with Gasteiger partial charge in [0, 0.05) is 18.4 Å². The zero-order valence-corrected chi connectivity index (χ0v) is 14.2.